The third-order valence-corrected chi connectivity index (χ3v) is 1.82. The summed E-state index contributed by atoms with van der Waals surface area (Å²) in [5, 5.41) is 19.7. The predicted octanol–water partition coefficient (Wildman–Crippen LogP) is 0.252. The zero-order valence-electron chi connectivity index (χ0n) is 9.24. The Morgan fingerprint density at radius 3 is 2.44 bits per heavy atom. The van der Waals surface area contributed by atoms with E-state index in [0.29, 0.717) is 0 Å². The molecule has 0 bridgehead atoms. The number of hydrogen-bond acceptors (Lipinski definition) is 5. The summed E-state index contributed by atoms with van der Waals surface area (Å²) < 4.78 is 4.71. The lowest BCUT2D eigenvalue weighted by Crippen LogP contribution is -2.53. The number of hydrogen-bond donors (Lipinski definition) is 1. The maximum absolute atomic E-state index is 11.6. The monoisotopic (exact) mass is 223 g/mol. The first-order chi connectivity index (χ1) is 7.52. The molecule has 6 heteroatoms. The molecule has 0 heterocycles. The van der Waals surface area contributed by atoms with E-state index in [1.54, 1.807) is 13.0 Å². The number of nitriles is 2. The van der Waals surface area contributed by atoms with E-state index < -0.39 is 17.4 Å². The third kappa shape index (κ3) is 3.58. The average molecular weight is 223 g/mol. The van der Waals surface area contributed by atoms with E-state index in [1.165, 1.54) is 6.92 Å². The van der Waals surface area contributed by atoms with Gasteiger partial charge in [0.2, 0.25) is 11.4 Å². The zero-order valence-corrected chi connectivity index (χ0v) is 9.24. The Labute approximate surface area is 93.8 Å². The Balaban J connectivity index is 4.97. The molecule has 0 saturated heterocycles. The molecule has 0 aromatic carbocycles. The van der Waals surface area contributed by atoms with Crippen molar-refractivity contribution in [2.45, 2.75) is 32.2 Å². The molecule has 6 nitrogen and oxygen atoms in total. The van der Waals surface area contributed by atoms with Gasteiger partial charge in [0.15, 0.2) is 0 Å². The van der Waals surface area contributed by atoms with Crippen LogP contribution < -0.4 is 5.32 Å². The number of rotatable bonds is 5. The number of nitrogens with zero attached hydrogens (tertiary/aromatic N) is 2. The van der Waals surface area contributed by atoms with Crippen molar-refractivity contribution in [2.75, 3.05) is 6.61 Å². The largest absolute Gasteiger partial charge is 0.463 e. The van der Waals surface area contributed by atoms with Gasteiger partial charge in [0.1, 0.15) is 6.07 Å². The maximum Gasteiger partial charge on any atom is 0.346 e. The normalized spacial score (nSPS) is 12.8. The first-order valence-corrected chi connectivity index (χ1v) is 4.76. The van der Waals surface area contributed by atoms with Crippen LogP contribution in [0.25, 0.3) is 0 Å². The molecule has 0 fully saturated rings. The molecule has 1 unspecified atom stereocenters. The van der Waals surface area contributed by atoms with E-state index in [2.05, 4.69) is 5.32 Å². The highest BCUT2D eigenvalue weighted by Gasteiger charge is 2.40. The molecule has 0 aromatic heterocycles. The van der Waals surface area contributed by atoms with Crippen LogP contribution in [0.4, 0.5) is 0 Å². The van der Waals surface area contributed by atoms with Gasteiger partial charge in [-0.05, 0) is 6.92 Å². The minimum atomic E-state index is -1.75. The Hall–Kier alpha value is -2.08. The summed E-state index contributed by atoms with van der Waals surface area (Å²) in [6.07, 6.45) is -0.106. The molecule has 0 rings (SSSR count). The van der Waals surface area contributed by atoms with Crippen molar-refractivity contribution >= 4 is 11.9 Å². The summed E-state index contributed by atoms with van der Waals surface area (Å²) in [4.78, 5) is 22.5. The summed E-state index contributed by atoms with van der Waals surface area (Å²) in [6, 6.07) is 3.53. The number of carbonyl (C=O) groups is 2. The van der Waals surface area contributed by atoms with Gasteiger partial charge in [-0.25, -0.2) is 4.79 Å². The van der Waals surface area contributed by atoms with Gasteiger partial charge in [0.05, 0.1) is 12.7 Å². The van der Waals surface area contributed by atoms with Crippen LogP contribution in [0.3, 0.4) is 0 Å². The maximum atomic E-state index is 11.6. The molecule has 0 aliphatic rings. The average Bonchev–Trinajstić information content (AvgIpc) is 2.24. The van der Waals surface area contributed by atoms with Crippen molar-refractivity contribution in [3.05, 3.63) is 0 Å². The first kappa shape index (κ1) is 13.9. The van der Waals surface area contributed by atoms with Gasteiger partial charge in [-0.15, -0.1) is 0 Å². The number of ether oxygens (including phenoxy) is 1. The number of carbonyl (C=O) groups excluding carboxylic acids is 2. The molecule has 16 heavy (non-hydrogen) atoms. The van der Waals surface area contributed by atoms with Crippen LogP contribution in [0.15, 0.2) is 0 Å². The van der Waals surface area contributed by atoms with E-state index in [-0.39, 0.29) is 19.4 Å². The summed E-state index contributed by atoms with van der Waals surface area (Å²) in [7, 11) is 0. The van der Waals surface area contributed by atoms with Crippen LogP contribution >= 0.6 is 0 Å². The lowest BCUT2D eigenvalue weighted by atomic mass is 9.95. The van der Waals surface area contributed by atoms with Crippen LogP contribution in [0.2, 0.25) is 0 Å². The fraction of sp³-hybridized carbons (Fsp3) is 0.600. The van der Waals surface area contributed by atoms with Crippen LogP contribution in [0, 0.1) is 22.7 Å². The molecule has 0 spiro atoms. The van der Waals surface area contributed by atoms with Gasteiger partial charge in [0.25, 0.3) is 0 Å². The van der Waals surface area contributed by atoms with Crippen molar-refractivity contribution in [3.63, 3.8) is 0 Å². The molecular weight excluding hydrogens is 210 g/mol. The molecule has 1 amide bonds. The molecule has 0 aliphatic carbocycles. The minimum Gasteiger partial charge on any atom is -0.463 e. The molecule has 0 radical (unpaired) electrons. The second-order valence-corrected chi connectivity index (χ2v) is 3.08. The first-order valence-electron chi connectivity index (χ1n) is 4.76. The van der Waals surface area contributed by atoms with Crippen molar-refractivity contribution in [1.82, 2.24) is 5.32 Å². The Bertz CT molecular complexity index is 353. The van der Waals surface area contributed by atoms with Crippen LogP contribution in [-0.4, -0.2) is 24.0 Å². The van der Waals surface area contributed by atoms with E-state index in [1.807, 2.05) is 6.07 Å². The van der Waals surface area contributed by atoms with E-state index >= 15 is 0 Å². The topological polar surface area (TPSA) is 103 Å². The summed E-state index contributed by atoms with van der Waals surface area (Å²) in [6.45, 7) is 2.89. The predicted molar refractivity (Wildman–Crippen MR) is 53.6 cm³/mol. The summed E-state index contributed by atoms with van der Waals surface area (Å²) in [5.74, 6) is -1.35. The second-order valence-electron chi connectivity index (χ2n) is 3.08. The molecular formula is C10H13N3O3. The highest BCUT2D eigenvalue weighted by atomic mass is 16.5. The van der Waals surface area contributed by atoms with Crippen molar-refractivity contribution < 1.29 is 14.3 Å². The van der Waals surface area contributed by atoms with Gasteiger partial charge >= 0.3 is 5.97 Å². The van der Waals surface area contributed by atoms with Gasteiger partial charge < -0.3 is 10.1 Å². The highest BCUT2D eigenvalue weighted by molar-refractivity contribution is 5.90. The SMILES string of the molecule is CCOC(=O)C(C#N)(CCC#N)NC(C)=O. The smallest absolute Gasteiger partial charge is 0.346 e. The second kappa shape index (κ2) is 6.41. The zero-order chi connectivity index (χ0) is 12.6. The quantitative estimate of drug-likeness (QED) is 0.673. The number of amides is 1. The highest BCUT2D eigenvalue weighted by Crippen LogP contribution is 2.14. The van der Waals surface area contributed by atoms with Gasteiger partial charge in [-0.1, -0.05) is 0 Å². The number of nitrogens with one attached hydrogen (secondary N) is 1. The molecule has 0 aliphatic heterocycles. The molecule has 1 atom stereocenters. The van der Waals surface area contributed by atoms with Gasteiger partial charge in [0, 0.05) is 19.8 Å². The molecule has 86 valence electrons. The van der Waals surface area contributed by atoms with Crippen molar-refractivity contribution in [3.8, 4) is 12.1 Å². The molecule has 1 N–H and O–H groups in total. The summed E-state index contributed by atoms with van der Waals surface area (Å²) >= 11 is 0. The van der Waals surface area contributed by atoms with Crippen LogP contribution in [0.1, 0.15) is 26.7 Å². The van der Waals surface area contributed by atoms with E-state index in [4.69, 9.17) is 15.3 Å². The van der Waals surface area contributed by atoms with E-state index in [0.717, 1.165) is 0 Å². The Morgan fingerprint density at radius 2 is 2.06 bits per heavy atom. The molecule has 0 aromatic rings. The Kier molecular flexibility index (Phi) is 5.58. The van der Waals surface area contributed by atoms with E-state index in [9.17, 15) is 9.59 Å². The van der Waals surface area contributed by atoms with Crippen LogP contribution in [0.5, 0.6) is 0 Å². The fourth-order valence-electron chi connectivity index (χ4n) is 1.14. The third-order valence-electron chi connectivity index (χ3n) is 1.82. The Morgan fingerprint density at radius 1 is 1.44 bits per heavy atom. The van der Waals surface area contributed by atoms with Crippen molar-refractivity contribution in [2.24, 2.45) is 0 Å². The van der Waals surface area contributed by atoms with Gasteiger partial charge in [-0.3, -0.25) is 4.79 Å². The number of esters is 1. The van der Waals surface area contributed by atoms with Crippen molar-refractivity contribution in [1.29, 1.82) is 10.5 Å². The lowest BCUT2D eigenvalue weighted by Gasteiger charge is -2.23. The fourth-order valence-corrected chi connectivity index (χ4v) is 1.14. The summed E-state index contributed by atoms with van der Waals surface area (Å²) in [5.41, 5.74) is -1.75. The van der Waals surface area contributed by atoms with Gasteiger partial charge in [-0.2, -0.15) is 10.5 Å². The standard InChI is InChI=1S/C10H13N3O3/c1-3-16-9(15)10(7-12,5-4-6-11)13-8(2)14/h3-5H2,1-2H3,(H,13,14). The minimum absolute atomic E-state index is 0.0212. The lowest BCUT2D eigenvalue weighted by molar-refractivity contribution is -0.150. The molecule has 0 saturated carbocycles. The van der Waals surface area contributed by atoms with Crippen LogP contribution in [-0.2, 0) is 14.3 Å².